The number of nitrogens with two attached hydrogens (primary N) is 1. The lowest BCUT2D eigenvalue weighted by Crippen LogP contribution is -2.33. The molecule has 1 rings (SSSR count). The van der Waals surface area contributed by atoms with Crippen LogP contribution in [0.2, 0.25) is 0 Å². The fourth-order valence-electron chi connectivity index (χ4n) is 7.52. The Morgan fingerprint density at radius 2 is 1.10 bits per heavy atom. The molecule has 2 atom stereocenters. The maximum absolute atomic E-state index is 13.0. The van der Waals surface area contributed by atoms with Gasteiger partial charge in [0.1, 0.15) is 36.3 Å². The Labute approximate surface area is 400 Å². The highest BCUT2D eigenvalue weighted by Gasteiger charge is 2.22. The van der Waals surface area contributed by atoms with Gasteiger partial charge < -0.3 is 50.2 Å². The molecule has 0 fully saturated rings. The van der Waals surface area contributed by atoms with Crippen LogP contribution in [0.15, 0.2) is 12.5 Å². The lowest BCUT2D eigenvalue weighted by molar-refractivity contribution is -0.137. The van der Waals surface area contributed by atoms with E-state index in [4.69, 9.17) is 29.8 Å². The number of carbonyl (C=O) groups is 7. The Balaban J connectivity index is 1.93. The van der Waals surface area contributed by atoms with Crippen molar-refractivity contribution in [2.45, 2.75) is 186 Å². The van der Waals surface area contributed by atoms with Crippen LogP contribution in [0.25, 0.3) is 0 Å². The first kappa shape index (κ1) is 61.1. The largest absolute Gasteiger partial charge is 0.481 e. The molecule has 0 saturated carbocycles. The van der Waals surface area contributed by atoms with Gasteiger partial charge in [-0.3, -0.25) is 28.8 Å². The Morgan fingerprint density at radius 3 is 1.67 bits per heavy atom. The molecule has 0 unspecified atom stereocenters. The number of aromatic nitrogens is 2. The number of aromatic amines is 1. The van der Waals surface area contributed by atoms with Gasteiger partial charge in [-0.15, -0.1) is 0 Å². The highest BCUT2D eigenvalue weighted by Crippen LogP contribution is 2.20. The molecule has 0 aliphatic rings. The number of Topliss-reactive ketones (excluding diaryl/α,β-unsaturated/α-hetero) is 4. The first-order chi connectivity index (χ1) is 32.5. The zero-order valence-electron chi connectivity index (χ0n) is 40.9. The minimum atomic E-state index is -0.695. The molecule has 1 heterocycles. The number of rotatable bonds is 50. The van der Waals surface area contributed by atoms with Gasteiger partial charge in [-0.2, -0.15) is 0 Å². The van der Waals surface area contributed by atoms with Crippen molar-refractivity contribution in [2.24, 2.45) is 11.7 Å². The molecule has 0 bridgehead atoms. The van der Waals surface area contributed by atoms with Crippen molar-refractivity contribution in [3.05, 3.63) is 18.2 Å². The van der Waals surface area contributed by atoms with Gasteiger partial charge in [0.25, 0.3) is 0 Å². The minimum Gasteiger partial charge on any atom is -0.481 e. The van der Waals surface area contributed by atoms with E-state index in [0.29, 0.717) is 96.9 Å². The van der Waals surface area contributed by atoms with Crippen LogP contribution in [0.1, 0.15) is 180 Å². The van der Waals surface area contributed by atoms with E-state index < -0.39 is 12.0 Å². The predicted molar refractivity (Wildman–Crippen MR) is 256 cm³/mol. The second-order valence-electron chi connectivity index (χ2n) is 17.6. The summed E-state index contributed by atoms with van der Waals surface area (Å²) in [4.78, 5) is 90.8. The monoisotopic (exact) mass is 950 g/mol. The number of nitrogens with one attached hydrogen (secondary N) is 3. The fourth-order valence-corrected chi connectivity index (χ4v) is 7.52. The van der Waals surface area contributed by atoms with Crippen LogP contribution < -0.4 is 16.4 Å². The summed E-state index contributed by atoms with van der Waals surface area (Å²) in [6.07, 6.45) is 25.6. The number of carboxylic acid groups (broad SMARTS) is 1. The van der Waals surface area contributed by atoms with E-state index in [1.54, 1.807) is 6.20 Å². The summed E-state index contributed by atoms with van der Waals surface area (Å²) in [5.41, 5.74) is 6.86. The molecule has 2 amide bonds. The minimum absolute atomic E-state index is 0.0377. The van der Waals surface area contributed by atoms with Crippen molar-refractivity contribution in [1.29, 1.82) is 0 Å². The van der Waals surface area contributed by atoms with Crippen LogP contribution in [0, 0.1) is 5.92 Å². The van der Waals surface area contributed by atoms with E-state index in [2.05, 4.69) is 20.6 Å². The van der Waals surface area contributed by atoms with Gasteiger partial charge >= 0.3 is 5.97 Å². The van der Waals surface area contributed by atoms with Crippen molar-refractivity contribution in [3.63, 3.8) is 0 Å². The number of unbranched alkanes of at least 4 members (excludes halogenated alkanes) is 14. The molecule has 0 spiro atoms. The molecule has 6 N–H and O–H groups in total. The van der Waals surface area contributed by atoms with Crippen LogP contribution in [0.3, 0.4) is 0 Å². The van der Waals surface area contributed by atoms with E-state index in [1.807, 2.05) is 0 Å². The van der Waals surface area contributed by atoms with E-state index in [1.165, 1.54) is 71.0 Å². The van der Waals surface area contributed by atoms with Crippen LogP contribution in [0.5, 0.6) is 0 Å². The van der Waals surface area contributed by atoms with Crippen LogP contribution in [-0.2, 0) is 58.9 Å². The van der Waals surface area contributed by atoms with Crippen molar-refractivity contribution >= 4 is 40.9 Å². The molecule has 0 radical (unpaired) electrons. The molecule has 17 heteroatoms. The third kappa shape index (κ3) is 39.8. The molecule has 1 aromatic heterocycles. The first-order valence-corrected chi connectivity index (χ1v) is 25.3. The van der Waals surface area contributed by atoms with E-state index >= 15 is 0 Å². The van der Waals surface area contributed by atoms with Crippen LogP contribution in [-0.4, -0.2) is 128 Å². The molecule has 0 aliphatic carbocycles. The first-order valence-electron chi connectivity index (χ1n) is 25.3. The normalized spacial score (nSPS) is 12.1. The highest BCUT2D eigenvalue weighted by molar-refractivity contribution is 5.86. The summed E-state index contributed by atoms with van der Waals surface area (Å²) in [7, 11) is 0. The van der Waals surface area contributed by atoms with Gasteiger partial charge in [-0.05, 0) is 51.9 Å². The van der Waals surface area contributed by atoms with Gasteiger partial charge in [0.2, 0.25) is 11.8 Å². The van der Waals surface area contributed by atoms with Gasteiger partial charge in [0.15, 0.2) is 0 Å². The van der Waals surface area contributed by atoms with Gasteiger partial charge in [0.05, 0.1) is 45.4 Å². The number of hydrogen-bond acceptors (Lipinski definition) is 13. The predicted octanol–water partition coefficient (Wildman–Crippen LogP) is 6.72. The number of nitrogens with zero attached hydrogens (tertiary/aromatic N) is 1. The third-order valence-electron chi connectivity index (χ3n) is 11.5. The number of aliphatic carboxylic acids is 1. The molecule has 0 saturated heterocycles. The average Bonchev–Trinajstić information content (AvgIpc) is 3.81. The smallest absolute Gasteiger partial charge is 0.303 e. The molecular weight excluding hydrogens is 863 g/mol. The molecule has 17 nitrogen and oxygen atoms in total. The van der Waals surface area contributed by atoms with Crippen molar-refractivity contribution in [3.8, 4) is 0 Å². The molecular formula is C50H87N5O12. The van der Waals surface area contributed by atoms with E-state index in [9.17, 15) is 33.6 Å². The summed E-state index contributed by atoms with van der Waals surface area (Å²) < 4.78 is 21.7. The number of carbonyl (C=O) groups excluding carboxylic acids is 6. The lowest BCUT2D eigenvalue weighted by Gasteiger charge is -2.17. The van der Waals surface area contributed by atoms with Crippen LogP contribution >= 0.6 is 0 Å². The van der Waals surface area contributed by atoms with Gasteiger partial charge in [-0.25, -0.2) is 4.98 Å². The van der Waals surface area contributed by atoms with Gasteiger partial charge in [-0.1, -0.05) is 83.5 Å². The summed E-state index contributed by atoms with van der Waals surface area (Å²) in [6.45, 7) is 3.86. The summed E-state index contributed by atoms with van der Waals surface area (Å²) in [5, 5.41) is 14.2. The quantitative estimate of drug-likeness (QED) is 0.0425. The van der Waals surface area contributed by atoms with Crippen molar-refractivity contribution in [1.82, 2.24) is 20.6 Å². The van der Waals surface area contributed by atoms with Crippen molar-refractivity contribution in [2.75, 3.05) is 65.9 Å². The zero-order chi connectivity index (χ0) is 49.0. The Kier molecular flexibility index (Phi) is 39.6. The highest BCUT2D eigenvalue weighted by atomic mass is 16.5. The number of carboxylic acids is 1. The number of H-pyrrole nitrogens is 1. The number of ketones is 4. The maximum Gasteiger partial charge on any atom is 0.303 e. The maximum atomic E-state index is 13.0. The van der Waals surface area contributed by atoms with Gasteiger partial charge in [0, 0.05) is 82.5 Å². The summed E-state index contributed by atoms with van der Waals surface area (Å²) in [6, 6.07) is -0.682. The molecule has 1 aromatic rings. The number of imidazole rings is 1. The second kappa shape index (κ2) is 43.4. The lowest BCUT2D eigenvalue weighted by atomic mass is 9.88. The number of amides is 2. The summed E-state index contributed by atoms with van der Waals surface area (Å²) in [5.74, 6) is -1.29. The Hall–Kier alpha value is -3.90. The topological polar surface area (TPSA) is 255 Å². The molecule has 384 valence electrons. The number of ether oxygens (including phenoxy) is 4. The van der Waals surface area contributed by atoms with E-state index in [0.717, 1.165) is 37.8 Å². The third-order valence-corrected chi connectivity index (χ3v) is 11.5. The molecule has 0 aromatic carbocycles. The Bertz CT molecular complexity index is 1460. The second-order valence-corrected chi connectivity index (χ2v) is 17.6. The van der Waals surface area contributed by atoms with Crippen LogP contribution in [0.4, 0.5) is 0 Å². The molecule has 0 aliphatic heterocycles. The fraction of sp³-hybridized carbons (Fsp3) is 0.800. The Morgan fingerprint density at radius 1 is 0.567 bits per heavy atom. The van der Waals surface area contributed by atoms with Crippen molar-refractivity contribution < 1.29 is 57.6 Å². The van der Waals surface area contributed by atoms with E-state index in [-0.39, 0.29) is 93.3 Å². The SMILES string of the molecule is CC(=O)CCCC(=O)[C@H](CCCCNC(=O)COCCOCCNC(=O)COCCOCCCC(=O)CCCCCCCCCCCCCCCCC(=O)O)CCC(=O)[C@@H](N)Cc1cnc[nH]1. The average molecular weight is 950 g/mol. The standard InChI is InChI=1S/C50H87N5O12/c1-41(56)20-18-24-46(58)42(26-27-47(59)45(51)36-43-37-52-40-55-43)21-16-17-28-53-48(60)38-67-35-33-65-31-29-54-49(61)39-66-34-32-64-30-19-23-44(57)22-14-12-10-8-6-4-2-3-5-7-9-11-13-15-25-50(62)63/h37,40,42,45H,2-36,38-39,51H2,1H3,(H,52,55)(H,53,60)(H,54,61)(H,62,63)/t42-,45+/m1/s1. The summed E-state index contributed by atoms with van der Waals surface area (Å²) >= 11 is 0. The number of hydrogen-bond donors (Lipinski definition) is 5. The zero-order valence-corrected chi connectivity index (χ0v) is 40.9. The molecule has 67 heavy (non-hydrogen) atoms.